The summed E-state index contributed by atoms with van der Waals surface area (Å²) in [5.41, 5.74) is 0.463. The van der Waals surface area contributed by atoms with E-state index in [9.17, 15) is 13.2 Å². The molecule has 0 aliphatic carbocycles. The molecule has 0 fully saturated rings. The minimum Gasteiger partial charge on any atom is -0.481 e. The molecule has 1 aromatic rings. The highest BCUT2D eigenvalue weighted by Gasteiger charge is 2.13. The molecule has 102 valence electrons. The first kappa shape index (κ1) is 14.9. The third kappa shape index (κ3) is 4.59. The molecule has 2 N–H and O–H groups in total. The molecular formula is C9H15N3O4S2. The van der Waals surface area contributed by atoms with E-state index in [1.165, 1.54) is 25.4 Å². The van der Waals surface area contributed by atoms with E-state index >= 15 is 0 Å². The monoisotopic (exact) mass is 293 g/mol. The molecule has 0 saturated carbocycles. The van der Waals surface area contributed by atoms with E-state index < -0.39 is 16.0 Å². The van der Waals surface area contributed by atoms with Crippen molar-refractivity contribution in [1.29, 1.82) is 0 Å². The lowest BCUT2D eigenvalue weighted by molar-refractivity contribution is -0.136. The molecule has 0 aromatic carbocycles. The van der Waals surface area contributed by atoms with Crippen molar-refractivity contribution in [2.24, 2.45) is 0 Å². The third-order valence-corrected chi connectivity index (χ3v) is 4.76. The summed E-state index contributed by atoms with van der Waals surface area (Å²) in [6.45, 7) is 0.237. The number of nitrogens with zero attached hydrogens (tertiary/aromatic N) is 2. The number of carboxylic acid groups (broad SMARTS) is 1. The largest absolute Gasteiger partial charge is 0.481 e. The van der Waals surface area contributed by atoms with Crippen LogP contribution in [0.5, 0.6) is 0 Å². The van der Waals surface area contributed by atoms with Crippen LogP contribution in [0.1, 0.15) is 5.69 Å². The summed E-state index contributed by atoms with van der Waals surface area (Å²) in [6, 6.07) is 0. The molecule has 9 heteroatoms. The van der Waals surface area contributed by atoms with E-state index in [1.54, 1.807) is 5.38 Å². The second kappa shape index (κ2) is 6.12. The fourth-order valence-electron chi connectivity index (χ4n) is 1.09. The Balaban J connectivity index is 2.45. The van der Waals surface area contributed by atoms with Crippen molar-refractivity contribution in [3.05, 3.63) is 11.1 Å². The number of anilines is 1. The van der Waals surface area contributed by atoms with Gasteiger partial charge in [-0.15, -0.1) is 11.3 Å². The van der Waals surface area contributed by atoms with Gasteiger partial charge in [0.2, 0.25) is 10.0 Å². The average molecular weight is 293 g/mol. The highest BCUT2D eigenvalue weighted by atomic mass is 32.2. The number of rotatable bonds is 7. The lowest BCUT2D eigenvalue weighted by atomic mass is 10.3. The van der Waals surface area contributed by atoms with Crippen LogP contribution in [0.4, 0.5) is 5.13 Å². The maximum Gasteiger partial charge on any atom is 0.309 e. The quantitative estimate of drug-likeness (QED) is 0.738. The van der Waals surface area contributed by atoms with E-state index in [4.69, 9.17) is 5.11 Å². The third-order valence-electron chi connectivity index (χ3n) is 2.08. The Bertz CT molecular complexity index is 510. The van der Waals surface area contributed by atoms with Gasteiger partial charge >= 0.3 is 5.97 Å². The summed E-state index contributed by atoms with van der Waals surface area (Å²) in [6.07, 6.45) is -0.131. The zero-order valence-corrected chi connectivity index (χ0v) is 11.7. The van der Waals surface area contributed by atoms with Crippen LogP contribution in [0.3, 0.4) is 0 Å². The first-order chi connectivity index (χ1) is 8.31. The van der Waals surface area contributed by atoms with E-state index in [-0.39, 0.29) is 18.7 Å². The Kier molecular flexibility index (Phi) is 5.05. The first-order valence-corrected chi connectivity index (χ1v) is 7.60. The summed E-state index contributed by atoms with van der Waals surface area (Å²) in [7, 11) is -0.275. The van der Waals surface area contributed by atoms with Gasteiger partial charge in [-0.3, -0.25) is 4.79 Å². The molecule has 1 aromatic heterocycles. The highest BCUT2D eigenvalue weighted by molar-refractivity contribution is 7.89. The van der Waals surface area contributed by atoms with Crippen molar-refractivity contribution in [2.75, 3.05) is 31.7 Å². The van der Waals surface area contributed by atoms with Gasteiger partial charge < -0.3 is 10.4 Å². The molecule has 0 bridgehead atoms. The first-order valence-electron chi connectivity index (χ1n) is 5.11. The highest BCUT2D eigenvalue weighted by Crippen LogP contribution is 2.15. The number of hydrogen-bond acceptors (Lipinski definition) is 6. The van der Waals surface area contributed by atoms with Crippen molar-refractivity contribution < 1.29 is 18.3 Å². The summed E-state index contributed by atoms with van der Waals surface area (Å²) in [5, 5.41) is 13.6. The Morgan fingerprint density at radius 2 is 2.22 bits per heavy atom. The number of hydrogen-bond donors (Lipinski definition) is 2. The van der Waals surface area contributed by atoms with Gasteiger partial charge in [0.1, 0.15) is 0 Å². The van der Waals surface area contributed by atoms with Gasteiger partial charge in [0, 0.05) is 26.0 Å². The summed E-state index contributed by atoms with van der Waals surface area (Å²) in [5.74, 6) is -0.976. The average Bonchev–Trinajstić information content (AvgIpc) is 2.64. The Hall–Kier alpha value is -1.19. The van der Waals surface area contributed by atoms with Crippen LogP contribution >= 0.6 is 11.3 Å². The fourth-order valence-corrected chi connectivity index (χ4v) is 2.56. The van der Waals surface area contributed by atoms with Crippen molar-refractivity contribution in [2.45, 2.75) is 6.42 Å². The molecule has 18 heavy (non-hydrogen) atoms. The maximum absolute atomic E-state index is 11.5. The van der Waals surface area contributed by atoms with E-state index in [0.717, 1.165) is 4.31 Å². The van der Waals surface area contributed by atoms with Gasteiger partial charge in [-0.1, -0.05) is 0 Å². The van der Waals surface area contributed by atoms with Gasteiger partial charge in [0.25, 0.3) is 0 Å². The number of aliphatic carboxylic acids is 1. The summed E-state index contributed by atoms with van der Waals surface area (Å²) >= 11 is 1.26. The minimum atomic E-state index is -3.23. The van der Waals surface area contributed by atoms with Crippen molar-refractivity contribution >= 4 is 32.5 Å². The Morgan fingerprint density at radius 3 is 2.78 bits per heavy atom. The SMILES string of the molecule is CN(C)S(=O)(=O)CCNc1nc(CC(=O)O)cs1. The minimum absolute atomic E-state index is 0.0339. The van der Waals surface area contributed by atoms with Gasteiger partial charge in [0.15, 0.2) is 5.13 Å². The Morgan fingerprint density at radius 1 is 1.56 bits per heavy atom. The van der Waals surface area contributed by atoms with Crippen LogP contribution < -0.4 is 5.32 Å². The van der Waals surface area contributed by atoms with Crippen LogP contribution in [0, 0.1) is 0 Å². The summed E-state index contributed by atoms with van der Waals surface area (Å²) < 4.78 is 24.1. The fraction of sp³-hybridized carbons (Fsp3) is 0.556. The number of thiazole rings is 1. The lowest BCUT2D eigenvalue weighted by Gasteiger charge is -2.10. The topological polar surface area (TPSA) is 99.6 Å². The molecule has 0 radical (unpaired) electrons. The second-order valence-corrected chi connectivity index (χ2v) is 6.90. The molecule has 1 rings (SSSR count). The Labute approximate surface area is 110 Å². The predicted molar refractivity (Wildman–Crippen MR) is 69.4 cm³/mol. The molecule has 0 saturated heterocycles. The van der Waals surface area contributed by atoms with E-state index in [1.807, 2.05) is 0 Å². The molecular weight excluding hydrogens is 278 g/mol. The van der Waals surface area contributed by atoms with Crippen LogP contribution in [-0.2, 0) is 21.2 Å². The predicted octanol–water partition coefficient (Wildman–Crippen LogP) is 0.0735. The lowest BCUT2D eigenvalue weighted by Crippen LogP contribution is -2.28. The van der Waals surface area contributed by atoms with Gasteiger partial charge in [0.05, 0.1) is 17.9 Å². The van der Waals surface area contributed by atoms with Crippen LogP contribution in [0.2, 0.25) is 0 Å². The normalized spacial score (nSPS) is 11.7. The number of carbonyl (C=O) groups is 1. The van der Waals surface area contributed by atoms with Crippen LogP contribution in [0.25, 0.3) is 0 Å². The van der Waals surface area contributed by atoms with Gasteiger partial charge in [-0.2, -0.15) is 0 Å². The second-order valence-electron chi connectivity index (χ2n) is 3.74. The zero-order valence-electron chi connectivity index (χ0n) is 10.1. The van der Waals surface area contributed by atoms with Crippen molar-refractivity contribution in [1.82, 2.24) is 9.29 Å². The molecule has 0 amide bonds. The molecule has 0 spiro atoms. The number of sulfonamides is 1. The van der Waals surface area contributed by atoms with E-state index in [2.05, 4.69) is 10.3 Å². The molecule has 1 heterocycles. The van der Waals surface area contributed by atoms with Gasteiger partial charge in [-0.05, 0) is 0 Å². The smallest absolute Gasteiger partial charge is 0.309 e. The van der Waals surface area contributed by atoms with Gasteiger partial charge in [-0.25, -0.2) is 17.7 Å². The molecule has 0 unspecified atom stereocenters. The summed E-state index contributed by atoms with van der Waals surface area (Å²) in [4.78, 5) is 14.5. The van der Waals surface area contributed by atoms with Crippen molar-refractivity contribution in [3.8, 4) is 0 Å². The number of carboxylic acids is 1. The van der Waals surface area contributed by atoms with Crippen LogP contribution in [-0.4, -0.2) is 55.2 Å². The molecule has 0 aliphatic rings. The standard InChI is InChI=1S/C9H15N3O4S2/c1-12(2)18(15,16)4-3-10-9-11-7(6-17-9)5-8(13)14/h6H,3-5H2,1-2H3,(H,10,11)(H,13,14). The number of nitrogens with one attached hydrogen (secondary N) is 1. The van der Waals surface area contributed by atoms with Crippen molar-refractivity contribution in [3.63, 3.8) is 0 Å². The molecule has 0 atom stereocenters. The molecule has 7 nitrogen and oxygen atoms in total. The molecule has 0 aliphatic heterocycles. The maximum atomic E-state index is 11.5. The number of aromatic nitrogens is 1. The van der Waals surface area contributed by atoms with Crippen LogP contribution in [0.15, 0.2) is 5.38 Å². The van der Waals surface area contributed by atoms with E-state index in [0.29, 0.717) is 10.8 Å². The zero-order chi connectivity index (χ0) is 13.8.